The molecule has 0 heterocycles. The molecule has 2 rings (SSSR count). The Labute approximate surface area is 149 Å². The van der Waals surface area contributed by atoms with Crippen molar-refractivity contribution in [2.24, 2.45) is 0 Å². The average molecular weight is 342 g/mol. The normalized spacial score (nSPS) is 11.9. The summed E-state index contributed by atoms with van der Waals surface area (Å²) in [4.78, 5) is 12.4. The topological polar surface area (TPSA) is 55.8 Å². The number of phenols is 1. The Bertz CT molecular complexity index is 667. The van der Waals surface area contributed by atoms with E-state index in [2.05, 4.69) is 6.92 Å². The molecule has 0 radical (unpaired) electrons. The van der Waals surface area contributed by atoms with Gasteiger partial charge < -0.3 is 14.6 Å². The summed E-state index contributed by atoms with van der Waals surface area (Å²) in [5, 5.41) is 10.2. The van der Waals surface area contributed by atoms with Gasteiger partial charge in [-0.1, -0.05) is 50.1 Å². The molecule has 4 heteroatoms. The van der Waals surface area contributed by atoms with Crippen LogP contribution in [0.2, 0.25) is 0 Å². The predicted octanol–water partition coefficient (Wildman–Crippen LogP) is 4.60. The van der Waals surface area contributed by atoms with Crippen molar-refractivity contribution in [3.8, 4) is 11.5 Å². The molecule has 0 spiro atoms. The van der Waals surface area contributed by atoms with Crippen molar-refractivity contribution in [1.82, 2.24) is 0 Å². The Morgan fingerprint density at radius 1 is 1.12 bits per heavy atom. The molecule has 0 aliphatic carbocycles. The van der Waals surface area contributed by atoms with Crippen LogP contribution in [0, 0.1) is 0 Å². The highest BCUT2D eigenvalue weighted by Crippen LogP contribution is 2.26. The van der Waals surface area contributed by atoms with E-state index in [-0.39, 0.29) is 23.2 Å². The van der Waals surface area contributed by atoms with Crippen molar-refractivity contribution in [3.05, 3.63) is 59.7 Å². The van der Waals surface area contributed by atoms with E-state index < -0.39 is 0 Å². The highest BCUT2D eigenvalue weighted by atomic mass is 16.5. The fourth-order valence-corrected chi connectivity index (χ4v) is 2.61. The van der Waals surface area contributed by atoms with Crippen LogP contribution in [0.5, 0.6) is 11.5 Å². The van der Waals surface area contributed by atoms with Crippen LogP contribution in [0.1, 0.15) is 49.0 Å². The van der Waals surface area contributed by atoms with E-state index in [9.17, 15) is 9.90 Å². The SMILES string of the molecule is CCCCC(COc1ccc(C(=O)c2ccccc2)c(O)c1)OCC. The van der Waals surface area contributed by atoms with Crippen LogP contribution in [0.25, 0.3) is 0 Å². The first-order valence-electron chi connectivity index (χ1n) is 8.82. The van der Waals surface area contributed by atoms with Gasteiger partial charge in [0.2, 0.25) is 0 Å². The molecule has 1 unspecified atom stereocenters. The number of carbonyl (C=O) groups is 1. The molecule has 4 nitrogen and oxygen atoms in total. The molecule has 1 N–H and O–H groups in total. The summed E-state index contributed by atoms with van der Waals surface area (Å²) in [5.74, 6) is 0.246. The van der Waals surface area contributed by atoms with Gasteiger partial charge in [0.1, 0.15) is 18.1 Å². The minimum atomic E-state index is -0.209. The summed E-state index contributed by atoms with van der Waals surface area (Å²) < 4.78 is 11.4. The highest BCUT2D eigenvalue weighted by Gasteiger charge is 2.15. The Morgan fingerprint density at radius 3 is 2.52 bits per heavy atom. The van der Waals surface area contributed by atoms with Gasteiger partial charge in [0.15, 0.2) is 5.78 Å². The van der Waals surface area contributed by atoms with Crippen molar-refractivity contribution in [2.45, 2.75) is 39.2 Å². The molecule has 0 saturated carbocycles. The predicted molar refractivity (Wildman–Crippen MR) is 98.4 cm³/mol. The first-order valence-corrected chi connectivity index (χ1v) is 8.82. The second-order valence-electron chi connectivity index (χ2n) is 5.90. The fraction of sp³-hybridized carbons (Fsp3) is 0.381. The van der Waals surface area contributed by atoms with Gasteiger partial charge in [-0.2, -0.15) is 0 Å². The second-order valence-corrected chi connectivity index (χ2v) is 5.90. The Hall–Kier alpha value is -2.33. The molecule has 2 aromatic rings. The lowest BCUT2D eigenvalue weighted by atomic mass is 10.0. The lowest BCUT2D eigenvalue weighted by Crippen LogP contribution is -2.21. The van der Waals surface area contributed by atoms with E-state index in [0.29, 0.717) is 24.5 Å². The van der Waals surface area contributed by atoms with E-state index in [0.717, 1.165) is 19.3 Å². The van der Waals surface area contributed by atoms with Gasteiger partial charge in [-0.3, -0.25) is 4.79 Å². The molecule has 134 valence electrons. The molecule has 0 fully saturated rings. The average Bonchev–Trinajstić information content (AvgIpc) is 2.64. The molecule has 0 bridgehead atoms. The van der Waals surface area contributed by atoms with Crippen LogP contribution in [0.15, 0.2) is 48.5 Å². The van der Waals surface area contributed by atoms with Crippen molar-refractivity contribution in [1.29, 1.82) is 0 Å². The zero-order chi connectivity index (χ0) is 18.1. The number of ether oxygens (including phenoxy) is 2. The van der Waals surface area contributed by atoms with E-state index in [1.807, 2.05) is 13.0 Å². The molecule has 0 aromatic heterocycles. The third-order valence-electron chi connectivity index (χ3n) is 3.97. The van der Waals surface area contributed by atoms with Gasteiger partial charge >= 0.3 is 0 Å². The van der Waals surface area contributed by atoms with Crippen LogP contribution in [-0.4, -0.2) is 30.2 Å². The van der Waals surface area contributed by atoms with Crippen molar-refractivity contribution in [2.75, 3.05) is 13.2 Å². The smallest absolute Gasteiger partial charge is 0.196 e. The maximum absolute atomic E-state index is 12.4. The third kappa shape index (κ3) is 5.61. The lowest BCUT2D eigenvalue weighted by Gasteiger charge is -2.17. The second kappa shape index (κ2) is 9.84. The molecule has 0 amide bonds. The Kier molecular flexibility index (Phi) is 7.48. The molecule has 25 heavy (non-hydrogen) atoms. The van der Waals surface area contributed by atoms with E-state index in [1.165, 1.54) is 6.07 Å². The Balaban J connectivity index is 2.02. The number of benzene rings is 2. The van der Waals surface area contributed by atoms with Gasteiger partial charge in [0.05, 0.1) is 11.7 Å². The number of hydrogen-bond donors (Lipinski definition) is 1. The number of rotatable bonds is 10. The third-order valence-corrected chi connectivity index (χ3v) is 3.97. The lowest BCUT2D eigenvalue weighted by molar-refractivity contribution is 0.0211. The van der Waals surface area contributed by atoms with Gasteiger partial charge in [0.25, 0.3) is 0 Å². The van der Waals surface area contributed by atoms with Gasteiger partial charge in [0, 0.05) is 18.2 Å². The molecular formula is C21H26O4. The van der Waals surface area contributed by atoms with Crippen LogP contribution in [0.3, 0.4) is 0 Å². The van der Waals surface area contributed by atoms with E-state index in [4.69, 9.17) is 9.47 Å². The molecule has 1 atom stereocenters. The summed E-state index contributed by atoms with van der Waals surface area (Å²) in [6.07, 6.45) is 3.18. The van der Waals surface area contributed by atoms with Gasteiger partial charge in [-0.15, -0.1) is 0 Å². The summed E-state index contributed by atoms with van der Waals surface area (Å²) in [6.45, 7) is 5.19. The number of hydrogen-bond acceptors (Lipinski definition) is 4. The van der Waals surface area contributed by atoms with Gasteiger partial charge in [-0.25, -0.2) is 0 Å². The quantitative estimate of drug-likeness (QED) is 0.641. The number of ketones is 1. The Morgan fingerprint density at radius 2 is 1.88 bits per heavy atom. The first kappa shape index (κ1) is 19.0. The summed E-state index contributed by atoms with van der Waals surface area (Å²) in [6, 6.07) is 13.7. The van der Waals surface area contributed by atoms with Crippen molar-refractivity contribution >= 4 is 5.78 Å². The number of unbranched alkanes of at least 4 members (excludes halogenated alkanes) is 1. The standard InChI is InChI=1S/C21H26O4/c1-3-5-11-18(24-4-2)15-25-17-12-13-19(20(22)14-17)21(23)16-9-7-6-8-10-16/h6-10,12-14,18,22H,3-5,11,15H2,1-2H3. The summed E-state index contributed by atoms with van der Waals surface area (Å²) >= 11 is 0. The molecule has 2 aromatic carbocycles. The maximum atomic E-state index is 12.4. The summed E-state index contributed by atoms with van der Waals surface area (Å²) in [5.41, 5.74) is 0.813. The molecular weight excluding hydrogens is 316 g/mol. The first-order chi connectivity index (χ1) is 12.2. The van der Waals surface area contributed by atoms with Crippen LogP contribution < -0.4 is 4.74 Å². The van der Waals surface area contributed by atoms with Crippen molar-refractivity contribution < 1.29 is 19.4 Å². The molecule has 0 aliphatic heterocycles. The minimum absolute atomic E-state index is 0.0396. The van der Waals surface area contributed by atoms with E-state index >= 15 is 0 Å². The molecule has 0 aliphatic rings. The van der Waals surface area contributed by atoms with E-state index in [1.54, 1.807) is 36.4 Å². The summed E-state index contributed by atoms with van der Waals surface area (Å²) in [7, 11) is 0. The maximum Gasteiger partial charge on any atom is 0.196 e. The monoisotopic (exact) mass is 342 g/mol. The molecule has 0 saturated heterocycles. The zero-order valence-corrected chi connectivity index (χ0v) is 14.9. The highest BCUT2D eigenvalue weighted by molar-refractivity contribution is 6.10. The number of aromatic hydroxyl groups is 1. The van der Waals surface area contributed by atoms with Crippen LogP contribution >= 0.6 is 0 Å². The van der Waals surface area contributed by atoms with Gasteiger partial charge in [-0.05, 0) is 25.5 Å². The number of carbonyl (C=O) groups excluding carboxylic acids is 1. The van der Waals surface area contributed by atoms with Crippen LogP contribution in [-0.2, 0) is 4.74 Å². The van der Waals surface area contributed by atoms with Crippen LogP contribution in [0.4, 0.5) is 0 Å². The van der Waals surface area contributed by atoms with Crippen molar-refractivity contribution in [3.63, 3.8) is 0 Å². The zero-order valence-electron chi connectivity index (χ0n) is 14.9. The fourth-order valence-electron chi connectivity index (χ4n) is 2.61. The largest absolute Gasteiger partial charge is 0.507 e. The number of phenolic OH excluding ortho intramolecular Hbond substituents is 1. The minimum Gasteiger partial charge on any atom is -0.507 e.